The monoisotopic (exact) mass is 483 g/mol. The number of anilines is 1. The highest BCUT2D eigenvalue weighted by Gasteiger charge is 2.51. The van der Waals surface area contributed by atoms with Gasteiger partial charge in [-0.2, -0.15) is 0 Å². The molecule has 178 valence electrons. The van der Waals surface area contributed by atoms with Crippen molar-refractivity contribution in [3.05, 3.63) is 34.9 Å². The lowest BCUT2D eigenvalue weighted by Gasteiger charge is -2.45. The van der Waals surface area contributed by atoms with E-state index in [1.165, 1.54) is 36.0 Å². The first-order chi connectivity index (χ1) is 15.8. The van der Waals surface area contributed by atoms with Gasteiger partial charge in [-0.05, 0) is 56.6 Å². The summed E-state index contributed by atoms with van der Waals surface area (Å²) in [5, 5.41) is 12.6. The quantitative estimate of drug-likeness (QED) is 0.525. The van der Waals surface area contributed by atoms with E-state index in [0.717, 1.165) is 25.9 Å². The molecule has 8 nitrogen and oxygen atoms in total. The van der Waals surface area contributed by atoms with Gasteiger partial charge in [0.15, 0.2) is 0 Å². The van der Waals surface area contributed by atoms with Crippen molar-refractivity contribution in [2.24, 2.45) is 5.92 Å². The maximum atomic E-state index is 13.1. The van der Waals surface area contributed by atoms with E-state index < -0.39 is 12.4 Å². The fraction of sp³-hybridized carbons (Fsp3) is 0.524. The molecule has 5 rings (SSSR count). The number of alkyl halides is 3. The number of urea groups is 1. The van der Waals surface area contributed by atoms with Crippen LogP contribution < -0.4 is 30.9 Å². The number of amides is 3. The molecule has 0 spiro atoms. The van der Waals surface area contributed by atoms with Crippen LogP contribution >= 0.6 is 11.8 Å². The summed E-state index contributed by atoms with van der Waals surface area (Å²) in [5.41, 5.74) is 1.10. The van der Waals surface area contributed by atoms with Crippen LogP contribution in [0, 0.1) is 5.92 Å². The molecule has 3 saturated heterocycles. The second-order valence-electron chi connectivity index (χ2n) is 8.48. The summed E-state index contributed by atoms with van der Waals surface area (Å²) in [4.78, 5) is 28.3. The van der Waals surface area contributed by atoms with Crippen molar-refractivity contribution in [3.8, 4) is 5.75 Å². The number of thioether (sulfide) groups is 1. The smallest absolute Gasteiger partial charge is 0.406 e. The van der Waals surface area contributed by atoms with E-state index in [0.29, 0.717) is 29.3 Å². The molecule has 12 heteroatoms. The summed E-state index contributed by atoms with van der Waals surface area (Å²) in [7, 11) is 0. The first-order valence-electron chi connectivity index (χ1n) is 10.9. The molecule has 3 fully saturated rings. The SMILES string of the molecule is O=C(NC1CCCNC1)C1=C2NC(=O)N(c3ccc(OC(F)(F)F)cc3)C3CCNC(S1)C23. The Kier molecular flexibility index (Phi) is 5.91. The van der Waals surface area contributed by atoms with E-state index in [1.807, 2.05) is 0 Å². The van der Waals surface area contributed by atoms with Crippen LogP contribution in [0.15, 0.2) is 34.9 Å². The van der Waals surface area contributed by atoms with Gasteiger partial charge < -0.3 is 26.0 Å². The molecule has 0 bridgehead atoms. The average molecular weight is 484 g/mol. The van der Waals surface area contributed by atoms with Gasteiger partial charge in [-0.15, -0.1) is 13.2 Å². The van der Waals surface area contributed by atoms with Gasteiger partial charge in [-0.3, -0.25) is 9.69 Å². The number of hydrogen-bond acceptors (Lipinski definition) is 6. The number of hydrogen-bond donors (Lipinski definition) is 4. The van der Waals surface area contributed by atoms with Crippen LogP contribution in [0.1, 0.15) is 19.3 Å². The Balaban J connectivity index is 1.38. The minimum absolute atomic E-state index is 0.0551. The Labute approximate surface area is 192 Å². The molecule has 0 aromatic heterocycles. The number of carbonyl (C=O) groups excluding carboxylic acids is 2. The Hall–Kier alpha value is -2.44. The van der Waals surface area contributed by atoms with Gasteiger partial charge in [-0.25, -0.2) is 4.79 Å². The summed E-state index contributed by atoms with van der Waals surface area (Å²) >= 11 is 1.43. The minimum Gasteiger partial charge on any atom is -0.406 e. The zero-order valence-corrected chi connectivity index (χ0v) is 18.4. The van der Waals surface area contributed by atoms with Gasteiger partial charge in [0.2, 0.25) is 0 Å². The van der Waals surface area contributed by atoms with E-state index in [-0.39, 0.29) is 35.0 Å². The number of benzene rings is 1. The Bertz CT molecular complexity index is 965. The molecule has 4 unspecified atom stereocenters. The van der Waals surface area contributed by atoms with Gasteiger partial charge in [-0.1, -0.05) is 11.8 Å². The van der Waals surface area contributed by atoms with Gasteiger partial charge in [0, 0.05) is 29.9 Å². The van der Waals surface area contributed by atoms with Crippen LogP contribution in [0.2, 0.25) is 0 Å². The van der Waals surface area contributed by atoms with Crippen molar-refractivity contribution >= 4 is 29.4 Å². The molecule has 4 atom stereocenters. The molecular formula is C21H24F3N5O3S. The second-order valence-corrected chi connectivity index (χ2v) is 9.63. The zero-order valence-electron chi connectivity index (χ0n) is 17.6. The summed E-state index contributed by atoms with van der Waals surface area (Å²) < 4.78 is 41.4. The Morgan fingerprint density at radius 1 is 1.18 bits per heavy atom. The van der Waals surface area contributed by atoms with Gasteiger partial charge in [0.25, 0.3) is 5.91 Å². The number of rotatable bonds is 4. The lowest BCUT2D eigenvalue weighted by Crippen LogP contribution is -2.62. The minimum atomic E-state index is -4.78. The third-order valence-corrected chi connectivity index (χ3v) is 7.68. The van der Waals surface area contributed by atoms with Crippen molar-refractivity contribution in [1.29, 1.82) is 0 Å². The number of halogens is 3. The molecule has 1 aromatic carbocycles. The van der Waals surface area contributed by atoms with Crippen LogP contribution in [-0.2, 0) is 4.79 Å². The molecular weight excluding hydrogens is 459 g/mol. The second kappa shape index (κ2) is 8.73. The molecule has 0 radical (unpaired) electrons. The highest BCUT2D eigenvalue weighted by Crippen LogP contribution is 2.48. The number of nitrogens with one attached hydrogen (secondary N) is 4. The molecule has 4 aliphatic heterocycles. The number of carbonyl (C=O) groups is 2. The maximum Gasteiger partial charge on any atom is 0.573 e. The molecule has 0 aliphatic carbocycles. The largest absolute Gasteiger partial charge is 0.573 e. The van der Waals surface area contributed by atoms with Crippen LogP contribution in [-0.4, -0.2) is 55.4 Å². The van der Waals surface area contributed by atoms with Crippen molar-refractivity contribution in [2.75, 3.05) is 24.5 Å². The fourth-order valence-electron chi connectivity index (χ4n) is 4.96. The van der Waals surface area contributed by atoms with Crippen LogP contribution in [0.3, 0.4) is 0 Å². The van der Waals surface area contributed by atoms with E-state index in [1.54, 1.807) is 4.90 Å². The molecule has 4 N–H and O–H groups in total. The van der Waals surface area contributed by atoms with E-state index in [9.17, 15) is 22.8 Å². The zero-order chi connectivity index (χ0) is 23.2. The van der Waals surface area contributed by atoms with E-state index >= 15 is 0 Å². The van der Waals surface area contributed by atoms with Gasteiger partial charge in [0.05, 0.1) is 16.3 Å². The highest BCUT2D eigenvalue weighted by atomic mass is 32.2. The van der Waals surface area contributed by atoms with Crippen LogP contribution in [0.5, 0.6) is 5.75 Å². The van der Waals surface area contributed by atoms with Crippen molar-refractivity contribution in [1.82, 2.24) is 21.3 Å². The normalized spacial score (nSPS) is 29.4. The van der Waals surface area contributed by atoms with Crippen LogP contribution in [0.4, 0.5) is 23.7 Å². The van der Waals surface area contributed by atoms with E-state index in [4.69, 9.17) is 0 Å². The number of nitrogens with zero attached hydrogens (tertiary/aromatic N) is 1. The molecule has 0 saturated carbocycles. The van der Waals surface area contributed by atoms with Gasteiger partial charge >= 0.3 is 12.4 Å². The maximum absolute atomic E-state index is 13.1. The lowest BCUT2D eigenvalue weighted by molar-refractivity contribution is -0.274. The number of ether oxygens (including phenoxy) is 1. The summed E-state index contributed by atoms with van der Waals surface area (Å²) in [6.07, 6.45) is -2.22. The molecule has 3 amide bonds. The Morgan fingerprint density at radius 2 is 1.97 bits per heavy atom. The van der Waals surface area contributed by atoms with Crippen molar-refractivity contribution in [3.63, 3.8) is 0 Å². The molecule has 33 heavy (non-hydrogen) atoms. The molecule has 4 aliphatic rings. The standard InChI is InChI=1S/C21H24F3N5O3S/c22-21(23,24)32-13-5-3-12(4-6-13)29-14-7-9-26-19-15(14)16(28-20(29)31)17(33-19)18(30)27-11-2-1-8-25-10-11/h3-6,11,14-15,19,25-26H,1-2,7-10H2,(H,27,30)(H,28,31). The van der Waals surface area contributed by atoms with Crippen LogP contribution in [0.25, 0.3) is 0 Å². The third kappa shape index (κ3) is 4.51. The first-order valence-corrected chi connectivity index (χ1v) is 11.8. The topological polar surface area (TPSA) is 94.7 Å². The molecule has 1 aromatic rings. The number of piperidine rings is 2. The molecule has 4 heterocycles. The fourth-order valence-corrected chi connectivity index (χ4v) is 6.36. The Morgan fingerprint density at radius 3 is 2.67 bits per heavy atom. The average Bonchev–Trinajstić information content (AvgIpc) is 3.14. The van der Waals surface area contributed by atoms with E-state index in [2.05, 4.69) is 26.0 Å². The summed E-state index contributed by atoms with van der Waals surface area (Å²) in [6.45, 7) is 2.33. The highest BCUT2D eigenvalue weighted by molar-refractivity contribution is 8.04. The third-order valence-electron chi connectivity index (χ3n) is 6.33. The first kappa shape index (κ1) is 22.4. The predicted octanol–water partition coefficient (Wildman–Crippen LogP) is 2.25. The lowest BCUT2D eigenvalue weighted by atomic mass is 9.86. The predicted molar refractivity (Wildman–Crippen MR) is 116 cm³/mol. The van der Waals surface area contributed by atoms with Crippen molar-refractivity contribution < 1.29 is 27.5 Å². The van der Waals surface area contributed by atoms with Crippen molar-refractivity contribution in [2.45, 2.75) is 43.1 Å². The summed E-state index contributed by atoms with van der Waals surface area (Å²) in [6, 6.07) is 4.71. The summed E-state index contributed by atoms with van der Waals surface area (Å²) in [5.74, 6) is -0.654. The van der Waals surface area contributed by atoms with Gasteiger partial charge in [0.1, 0.15) is 5.75 Å².